The van der Waals surface area contributed by atoms with Crippen molar-refractivity contribution >= 4 is 5.91 Å². The summed E-state index contributed by atoms with van der Waals surface area (Å²) in [6.07, 6.45) is 3.53. The van der Waals surface area contributed by atoms with Crippen molar-refractivity contribution in [3.63, 3.8) is 0 Å². The number of carbonyl (C=O) groups is 1. The van der Waals surface area contributed by atoms with E-state index in [1.807, 2.05) is 0 Å². The Morgan fingerprint density at radius 2 is 2.11 bits per heavy atom. The molecule has 0 aromatic heterocycles. The van der Waals surface area contributed by atoms with Crippen LogP contribution >= 0.6 is 0 Å². The molecule has 106 valence electrons. The molecule has 0 heterocycles. The molecule has 4 nitrogen and oxygen atoms in total. The van der Waals surface area contributed by atoms with Crippen LogP contribution in [0.5, 0.6) is 0 Å². The molecular weight excluding hydrogens is 228 g/mol. The minimum absolute atomic E-state index is 0.0130. The van der Waals surface area contributed by atoms with E-state index < -0.39 is 0 Å². The fourth-order valence-electron chi connectivity index (χ4n) is 2.66. The quantitative estimate of drug-likeness (QED) is 0.693. The van der Waals surface area contributed by atoms with Gasteiger partial charge in [-0.05, 0) is 37.5 Å². The predicted octanol–water partition coefficient (Wildman–Crippen LogP) is 1.27. The average Bonchev–Trinajstić information content (AvgIpc) is 2.31. The normalized spacial score (nSPS) is 30.2. The molecule has 1 aliphatic rings. The Labute approximate surface area is 110 Å². The van der Waals surface area contributed by atoms with Crippen LogP contribution < -0.4 is 11.1 Å². The molecule has 0 bridgehead atoms. The van der Waals surface area contributed by atoms with E-state index in [4.69, 9.17) is 5.73 Å². The van der Waals surface area contributed by atoms with Gasteiger partial charge in [-0.3, -0.25) is 4.79 Å². The van der Waals surface area contributed by atoms with Gasteiger partial charge in [-0.1, -0.05) is 20.8 Å². The van der Waals surface area contributed by atoms with Crippen LogP contribution in [0, 0.1) is 17.8 Å². The summed E-state index contributed by atoms with van der Waals surface area (Å²) in [5, 5.41) is 12.2. The van der Waals surface area contributed by atoms with Crippen LogP contribution in [0.25, 0.3) is 0 Å². The van der Waals surface area contributed by atoms with Crippen LogP contribution in [0.3, 0.4) is 0 Å². The highest BCUT2D eigenvalue weighted by Crippen LogP contribution is 2.27. The topological polar surface area (TPSA) is 75.3 Å². The maximum Gasteiger partial charge on any atom is 0.223 e. The fourth-order valence-corrected chi connectivity index (χ4v) is 2.66. The first-order chi connectivity index (χ1) is 8.43. The van der Waals surface area contributed by atoms with Crippen LogP contribution in [0.15, 0.2) is 0 Å². The van der Waals surface area contributed by atoms with Crippen molar-refractivity contribution in [2.45, 2.75) is 58.5 Å². The molecule has 0 aromatic rings. The maximum absolute atomic E-state index is 12.1. The molecule has 4 heteroatoms. The summed E-state index contributed by atoms with van der Waals surface area (Å²) in [4.78, 5) is 12.1. The number of nitrogens with one attached hydrogen (secondary N) is 1. The Kier molecular flexibility index (Phi) is 6.09. The SMILES string of the molecule is CC(C)CC(CO)NC(=O)C1CCC(C)C(N)C1. The largest absolute Gasteiger partial charge is 0.394 e. The van der Waals surface area contributed by atoms with Crippen molar-refractivity contribution in [2.75, 3.05) is 6.61 Å². The van der Waals surface area contributed by atoms with Crippen LogP contribution in [-0.4, -0.2) is 29.7 Å². The lowest BCUT2D eigenvalue weighted by molar-refractivity contribution is -0.127. The van der Waals surface area contributed by atoms with Gasteiger partial charge in [-0.25, -0.2) is 0 Å². The number of rotatable bonds is 5. The molecule has 0 aromatic carbocycles. The Hall–Kier alpha value is -0.610. The van der Waals surface area contributed by atoms with Gasteiger partial charge >= 0.3 is 0 Å². The van der Waals surface area contributed by atoms with Crippen molar-refractivity contribution in [1.82, 2.24) is 5.32 Å². The molecule has 0 aliphatic heterocycles. The second kappa shape index (κ2) is 7.10. The number of hydrogen-bond acceptors (Lipinski definition) is 3. The third-order valence-electron chi connectivity index (χ3n) is 3.95. The lowest BCUT2D eigenvalue weighted by Gasteiger charge is -2.32. The van der Waals surface area contributed by atoms with Gasteiger partial charge < -0.3 is 16.2 Å². The number of aliphatic hydroxyl groups is 1. The Bertz CT molecular complexity index is 269. The molecule has 1 fully saturated rings. The lowest BCUT2D eigenvalue weighted by Crippen LogP contribution is -2.45. The van der Waals surface area contributed by atoms with Crippen molar-refractivity contribution in [1.29, 1.82) is 0 Å². The number of nitrogens with two attached hydrogens (primary N) is 1. The minimum Gasteiger partial charge on any atom is -0.394 e. The number of carbonyl (C=O) groups excluding carboxylic acids is 1. The molecule has 1 rings (SSSR count). The summed E-state index contributed by atoms with van der Waals surface area (Å²) in [5.74, 6) is 1.07. The van der Waals surface area contributed by atoms with Crippen molar-refractivity contribution in [3.05, 3.63) is 0 Å². The molecule has 0 radical (unpaired) electrons. The van der Waals surface area contributed by atoms with E-state index in [0.717, 1.165) is 25.7 Å². The van der Waals surface area contributed by atoms with E-state index >= 15 is 0 Å². The van der Waals surface area contributed by atoms with Crippen molar-refractivity contribution in [2.24, 2.45) is 23.5 Å². The first-order valence-corrected chi connectivity index (χ1v) is 7.10. The third-order valence-corrected chi connectivity index (χ3v) is 3.95. The molecule has 1 saturated carbocycles. The highest BCUT2D eigenvalue weighted by atomic mass is 16.3. The van der Waals surface area contributed by atoms with E-state index in [1.54, 1.807) is 0 Å². The van der Waals surface area contributed by atoms with E-state index in [9.17, 15) is 9.90 Å². The summed E-state index contributed by atoms with van der Waals surface area (Å²) < 4.78 is 0. The summed E-state index contributed by atoms with van der Waals surface area (Å²) in [7, 11) is 0. The first-order valence-electron chi connectivity index (χ1n) is 7.10. The standard InChI is InChI=1S/C14H28N2O2/c1-9(2)6-12(8-17)16-14(18)11-5-4-10(3)13(15)7-11/h9-13,17H,4-8,15H2,1-3H3,(H,16,18). The van der Waals surface area contributed by atoms with Crippen LogP contribution in [-0.2, 0) is 4.79 Å². The zero-order valence-electron chi connectivity index (χ0n) is 11.9. The zero-order valence-corrected chi connectivity index (χ0v) is 11.9. The molecule has 4 unspecified atom stereocenters. The summed E-state index contributed by atoms with van der Waals surface area (Å²) in [6, 6.07) is 0.0141. The monoisotopic (exact) mass is 256 g/mol. The van der Waals surface area contributed by atoms with Gasteiger partial charge in [0.2, 0.25) is 5.91 Å². The fraction of sp³-hybridized carbons (Fsp3) is 0.929. The Balaban J connectivity index is 2.44. The molecule has 18 heavy (non-hydrogen) atoms. The Morgan fingerprint density at radius 3 is 2.61 bits per heavy atom. The molecule has 1 amide bonds. The predicted molar refractivity (Wildman–Crippen MR) is 73.0 cm³/mol. The third kappa shape index (κ3) is 4.58. The second-order valence-corrected chi connectivity index (χ2v) is 6.17. The molecule has 0 saturated heterocycles. The molecule has 4 atom stereocenters. The second-order valence-electron chi connectivity index (χ2n) is 6.17. The summed E-state index contributed by atoms with van der Waals surface area (Å²) in [6.45, 7) is 6.34. The van der Waals surface area contributed by atoms with E-state index in [2.05, 4.69) is 26.1 Å². The summed E-state index contributed by atoms with van der Waals surface area (Å²) >= 11 is 0. The van der Waals surface area contributed by atoms with Crippen LogP contribution in [0.2, 0.25) is 0 Å². The Morgan fingerprint density at radius 1 is 1.44 bits per heavy atom. The summed E-state index contributed by atoms with van der Waals surface area (Å²) in [5.41, 5.74) is 6.02. The molecule has 0 spiro atoms. The van der Waals surface area contributed by atoms with Gasteiger partial charge in [0.05, 0.1) is 12.6 Å². The smallest absolute Gasteiger partial charge is 0.223 e. The van der Waals surface area contributed by atoms with Gasteiger partial charge in [0.15, 0.2) is 0 Å². The van der Waals surface area contributed by atoms with E-state index in [0.29, 0.717) is 11.8 Å². The van der Waals surface area contributed by atoms with E-state index in [1.165, 1.54) is 0 Å². The highest BCUT2D eigenvalue weighted by Gasteiger charge is 2.30. The average molecular weight is 256 g/mol. The van der Waals surface area contributed by atoms with Crippen molar-refractivity contribution < 1.29 is 9.90 Å². The number of aliphatic hydroxyl groups excluding tert-OH is 1. The van der Waals surface area contributed by atoms with Gasteiger partial charge in [0.1, 0.15) is 0 Å². The lowest BCUT2D eigenvalue weighted by atomic mass is 9.79. The number of amides is 1. The maximum atomic E-state index is 12.1. The van der Waals surface area contributed by atoms with Crippen LogP contribution in [0.4, 0.5) is 0 Å². The zero-order chi connectivity index (χ0) is 13.7. The van der Waals surface area contributed by atoms with Gasteiger partial charge in [-0.15, -0.1) is 0 Å². The van der Waals surface area contributed by atoms with Crippen LogP contribution in [0.1, 0.15) is 46.5 Å². The van der Waals surface area contributed by atoms with Gasteiger partial charge in [-0.2, -0.15) is 0 Å². The molecular formula is C14H28N2O2. The van der Waals surface area contributed by atoms with E-state index in [-0.39, 0.29) is 30.5 Å². The van der Waals surface area contributed by atoms with Gasteiger partial charge in [0, 0.05) is 12.0 Å². The number of hydrogen-bond donors (Lipinski definition) is 3. The van der Waals surface area contributed by atoms with Crippen molar-refractivity contribution in [3.8, 4) is 0 Å². The molecule has 4 N–H and O–H groups in total. The minimum atomic E-state index is -0.118. The highest BCUT2D eigenvalue weighted by molar-refractivity contribution is 5.79. The first kappa shape index (κ1) is 15.4. The van der Waals surface area contributed by atoms with Gasteiger partial charge in [0.25, 0.3) is 0 Å². The molecule has 1 aliphatic carbocycles.